The second kappa shape index (κ2) is 5.98. The zero-order valence-corrected chi connectivity index (χ0v) is 10.1. The quantitative estimate of drug-likeness (QED) is 0.521. The van der Waals surface area contributed by atoms with Gasteiger partial charge in [0, 0.05) is 6.54 Å². The van der Waals surface area contributed by atoms with E-state index in [9.17, 15) is 0 Å². The Morgan fingerprint density at radius 3 is 3.07 bits per heavy atom. The molecule has 0 aliphatic heterocycles. The van der Waals surface area contributed by atoms with Gasteiger partial charge in [-0.05, 0) is 29.3 Å². The summed E-state index contributed by atoms with van der Waals surface area (Å²) in [5, 5.41) is 3.58. The van der Waals surface area contributed by atoms with Crippen LogP contribution in [0.25, 0.3) is 0 Å². The second-order valence-corrected chi connectivity index (χ2v) is 3.76. The fraction of sp³-hybridized carbons (Fsp3) is 0.333. The summed E-state index contributed by atoms with van der Waals surface area (Å²) in [7, 11) is 0. The van der Waals surface area contributed by atoms with Gasteiger partial charge in [0.25, 0.3) is 0 Å². The molecule has 0 atom stereocenters. The third-order valence-corrected chi connectivity index (χ3v) is 2.85. The molecular formula is C9H11BrClN3. The number of nitrogens with one attached hydrogen (secondary N) is 1. The minimum Gasteiger partial charge on any atom is -0.369 e. The van der Waals surface area contributed by atoms with Gasteiger partial charge in [0.1, 0.15) is 17.3 Å². The zero-order chi connectivity index (χ0) is 10.4. The average Bonchev–Trinajstić information content (AvgIpc) is 2.19. The molecule has 0 radical (unpaired) electrons. The number of aromatic nitrogens is 2. The van der Waals surface area contributed by atoms with Gasteiger partial charge in [0.05, 0.1) is 4.47 Å². The molecule has 0 spiro atoms. The number of hydrogen-bond donors (Lipinski definition) is 1. The zero-order valence-electron chi connectivity index (χ0n) is 7.80. The smallest absolute Gasteiger partial charge is 0.148 e. The summed E-state index contributed by atoms with van der Waals surface area (Å²) in [6.45, 7) is 2.83. The lowest BCUT2D eigenvalue weighted by atomic mass is 10.4. The first-order valence-corrected chi connectivity index (χ1v) is 5.44. The summed E-state index contributed by atoms with van der Waals surface area (Å²) in [5.74, 6) is 0.731. The van der Waals surface area contributed by atoms with Crippen molar-refractivity contribution in [3.63, 3.8) is 0 Å². The minimum absolute atomic E-state index is 0.425. The lowest BCUT2D eigenvalue weighted by Gasteiger charge is -2.05. The first-order chi connectivity index (χ1) is 6.75. The van der Waals surface area contributed by atoms with Crippen LogP contribution in [0.3, 0.4) is 0 Å². The number of anilines is 1. The summed E-state index contributed by atoms with van der Waals surface area (Å²) in [4.78, 5) is 7.90. The average molecular weight is 277 g/mol. The van der Waals surface area contributed by atoms with Gasteiger partial charge in [-0.2, -0.15) is 0 Å². The van der Waals surface area contributed by atoms with Gasteiger partial charge >= 0.3 is 0 Å². The third kappa shape index (κ3) is 3.27. The maximum atomic E-state index is 5.80. The predicted octanol–water partition coefficient (Wildman–Crippen LogP) is 3.27. The van der Waals surface area contributed by atoms with Crippen molar-refractivity contribution >= 4 is 33.3 Å². The molecule has 0 unspecified atom stereocenters. The van der Waals surface area contributed by atoms with E-state index in [1.807, 2.05) is 13.0 Å². The molecule has 3 nitrogen and oxygen atoms in total. The largest absolute Gasteiger partial charge is 0.369 e. The molecule has 76 valence electrons. The second-order valence-electron chi connectivity index (χ2n) is 2.61. The fourth-order valence-corrected chi connectivity index (χ4v) is 1.39. The van der Waals surface area contributed by atoms with Gasteiger partial charge in [-0.3, -0.25) is 0 Å². The topological polar surface area (TPSA) is 37.8 Å². The van der Waals surface area contributed by atoms with Crippen molar-refractivity contribution in [1.29, 1.82) is 0 Å². The van der Waals surface area contributed by atoms with E-state index in [0.717, 1.165) is 18.8 Å². The van der Waals surface area contributed by atoms with Crippen molar-refractivity contribution < 1.29 is 0 Å². The molecule has 0 aliphatic carbocycles. The normalized spacial score (nSPS) is 10.8. The Morgan fingerprint density at radius 1 is 1.57 bits per heavy atom. The van der Waals surface area contributed by atoms with Crippen LogP contribution >= 0.6 is 27.5 Å². The highest BCUT2D eigenvalue weighted by atomic mass is 79.9. The highest BCUT2D eigenvalue weighted by molar-refractivity contribution is 9.10. The first kappa shape index (κ1) is 11.5. The Kier molecular flexibility index (Phi) is 4.90. The van der Waals surface area contributed by atoms with Crippen LogP contribution in [0, 0.1) is 0 Å². The highest BCUT2D eigenvalue weighted by Gasteiger charge is 2.04. The van der Waals surface area contributed by atoms with Gasteiger partial charge < -0.3 is 5.32 Å². The van der Waals surface area contributed by atoms with Gasteiger partial charge in [-0.25, -0.2) is 9.97 Å². The van der Waals surface area contributed by atoms with Crippen molar-refractivity contribution in [1.82, 2.24) is 9.97 Å². The lowest BCUT2D eigenvalue weighted by molar-refractivity contribution is 1.03. The van der Waals surface area contributed by atoms with E-state index in [0.29, 0.717) is 9.63 Å². The minimum atomic E-state index is 0.425. The van der Waals surface area contributed by atoms with Gasteiger partial charge in [0.15, 0.2) is 0 Å². The molecule has 1 N–H and O–H groups in total. The van der Waals surface area contributed by atoms with E-state index in [1.54, 1.807) is 0 Å². The predicted molar refractivity (Wildman–Crippen MR) is 62.7 cm³/mol. The molecule has 0 aromatic carbocycles. The SMILES string of the molecule is C/C=C/CCNc1ncnc(Cl)c1Br. The van der Waals surface area contributed by atoms with Crippen molar-refractivity contribution in [3.05, 3.63) is 28.1 Å². The monoisotopic (exact) mass is 275 g/mol. The van der Waals surface area contributed by atoms with Crippen LogP contribution in [-0.4, -0.2) is 16.5 Å². The number of nitrogens with zero attached hydrogens (tertiary/aromatic N) is 2. The molecule has 14 heavy (non-hydrogen) atoms. The van der Waals surface area contributed by atoms with Crippen LogP contribution in [-0.2, 0) is 0 Å². The molecule has 0 bridgehead atoms. The summed E-state index contributed by atoms with van der Waals surface area (Å²) in [6, 6.07) is 0. The van der Waals surface area contributed by atoms with Crippen LogP contribution in [0.5, 0.6) is 0 Å². The molecule has 1 rings (SSSR count). The molecule has 0 saturated carbocycles. The van der Waals surface area contributed by atoms with Gasteiger partial charge in [-0.1, -0.05) is 23.8 Å². The summed E-state index contributed by atoms with van der Waals surface area (Å²) >= 11 is 9.11. The highest BCUT2D eigenvalue weighted by Crippen LogP contribution is 2.25. The molecule has 0 aliphatic rings. The van der Waals surface area contributed by atoms with E-state index in [1.165, 1.54) is 6.33 Å². The number of hydrogen-bond acceptors (Lipinski definition) is 3. The van der Waals surface area contributed by atoms with Crippen molar-refractivity contribution in [2.45, 2.75) is 13.3 Å². The Hall–Kier alpha value is -0.610. The van der Waals surface area contributed by atoms with Crippen molar-refractivity contribution in [2.24, 2.45) is 0 Å². The molecule has 1 aromatic rings. The Labute approximate surface area is 96.7 Å². The van der Waals surface area contributed by atoms with Crippen LogP contribution in [0.4, 0.5) is 5.82 Å². The molecule has 1 heterocycles. The van der Waals surface area contributed by atoms with E-state index < -0.39 is 0 Å². The van der Waals surface area contributed by atoms with E-state index in [2.05, 4.69) is 37.3 Å². The summed E-state index contributed by atoms with van der Waals surface area (Å²) in [6.07, 6.45) is 6.50. The third-order valence-electron chi connectivity index (χ3n) is 1.59. The molecule has 5 heteroatoms. The van der Waals surface area contributed by atoms with Crippen LogP contribution in [0.2, 0.25) is 5.15 Å². The Morgan fingerprint density at radius 2 is 2.36 bits per heavy atom. The Bertz CT molecular complexity index is 328. The molecule has 0 fully saturated rings. The van der Waals surface area contributed by atoms with Crippen molar-refractivity contribution in [3.8, 4) is 0 Å². The van der Waals surface area contributed by atoms with Gasteiger partial charge in [0.2, 0.25) is 0 Å². The number of allylic oxidation sites excluding steroid dienone is 1. The molecule has 0 saturated heterocycles. The fourth-order valence-electron chi connectivity index (χ4n) is 0.912. The molecular weight excluding hydrogens is 265 g/mol. The Balaban J connectivity index is 2.54. The van der Waals surface area contributed by atoms with E-state index in [-0.39, 0.29) is 0 Å². The standard InChI is InChI=1S/C9H11BrClN3/c1-2-3-4-5-12-9-7(10)8(11)13-6-14-9/h2-3,6H,4-5H2,1H3,(H,12,13,14)/b3-2+. The molecule has 0 amide bonds. The maximum Gasteiger partial charge on any atom is 0.148 e. The van der Waals surface area contributed by atoms with E-state index in [4.69, 9.17) is 11.6 Å². The first-order valence-electron chi connectivity index (χ1n) is 4.26. The summed E-state index contributed by atoms with van der Waals surface area (Å²) in [5.41, 5.74) is 0. The van der Waals surface area contributed by atoms with E-state index >= 15 is 0 Å². The van der Waals surface area contributed by atoms with Crippen molar-refractivity contribution in [2.75, 3.05) is 11.9 Å². The molecule has 1 aromatic heterocycles. The number of rotatable bonds is 4. The van der Waals surface area contributed by atoms with Gasteiger partial charge in [-0.15, -0.1) is 0 Å². The van der Waals surface area contributed by atoms with Crippen LogP contribution in [0.15, 0.2) is 23.0 Å². The maximum absolute atomic E-state index is 5.80. The summed E-state index contributed by atoms with van der Waals surface area (Å²) < 4.78 is 0.710. The lowest BCUT2D eigenvalue weighted by Crippen LogP contribution is -2.03. The van der Waals surface area contributed by atoms with Crippen LogP contribution < -0.4 is 5.32 Å². The number of halogens is 2. The van der Waals surface area contributed by atoms with Crippen LogP contribution in [0.1, 0.15) is 13.3 Å².